The van der Waals surface area contributed by atoms with Crippen molar-refractivity contribution in [2.45, 2.75) is 20.3 Å². The number of halogens is 1. The monoisotopic (exact) mass is 353 g/mol. The number of ketones is 1. The van der Waals surface area contributed by atoms with Gasteiger partial charge in [-0.25, -0.2) is 9.97 Å². The molecule has 2 heterocycles. The fraction of sp³-hybridized carbons (Fsp3) is 0.158. The highest BCUT2D eigenvalue weighted by Gasteiger charge is 2.12. The van der Waals surface area contributed by atoms with E-state index < -0.39 is 0 Å². The zero-order valence-electron chi connectivity index (χ0n) is 13.9. The number of benzene rings is 1. The van der Waals surface area contributed by atoms with Crippen molar-refractivity contribution < 1.29 is 9.53 Å². The van der Waals surface area contributed by atoms with Gasteiger partial charge in [-0.05, 0) is 43.7 Å². The molecule has 0 amide bonds. The third-order valence-corrected chi connectivity index (χ3v) is 3.93. The lowest BCUT2D eigenvalue weighted by Crippen LogP contribution is -2.06. The van der Waals surface area contributed by atoms with Gasteiger partial charge < -0.3 is 4.74 Å². The summed E-state index contributed by atoms with van der Waals surface area (Å²) >= 11 is 6.13. The molecule has 0 aliphatic heterocycles. The number of rotatable bonds is 5. The van der Waals surface area contributed by atoms with E-state index in [9.17, 15) is 4.79 Å². The third-order valence-electron chi connectivity index (χ3n) is 3.72. The molecule has 0 fully saturated rings. The second-order valence-corrected chi connectivity index (χ2v) is 6.09. The molecule has 5 nitrogen and oxygen atoms in total. The van der Waals surface area contributed by atoms with E-state index in [4.69, 9.17) is 16.3 Å². The van der Waals surface area contributed by atoms with Crippen molar-refractivity contribution >= 4 is 17.4 Å². The Bertz CT molecular complexity index is 914. The average molecular weight is 354 g/mol. The second-order valence-electron chi connectivity index (χ2n) is 5.66. The highest BCUT2D eigenvalue weighted by molar-refractivity contribution is 6.31. The maximum Gasteiger partial charge on any atom is 0.169 e. The standard InChI is InChI=1S/C19H16ClN3O2/c1-12-3-4-16(23-13(12)2)8-19(24)14-5-15(20)7-17(6-14)25-18-9-21-11-22-10-18/h3-7,9-11H,8H2,1-2H3. The second kappa shape index (κ2) is 7.40. The molecule has 0 unspecified atom stereocenters. The van der Waals surface area contributed by atoms with E-state index in [0.29, 0.717) is 22.1 Å². The van der Waals surface area contributed by atoms with Crippen LogP contribution < -0.4 is 4.74 Å². The van der Waals surface area contributed by atoms with Gasteiger partial charge in [-0.15, -0.1) is 0 Å². The molecule has 0 bridgehead atoms. The molecule has 0 N–H and O–H groups in total. The van der Waals surface area contributed by atoms with Crippen molar-refractivity contribution in [1.82, 2.24) is 15.0 Å². The smallest absolute Gasteiger partial charge is 0.169 e. The van der Waals surface area contributed by atoms with Gasteiger partial charge in [0.15, 0.2) is 11.5 Å². The van der Waals surface area contributed by atoms with Gasteiger partial charge in [0.1, 0.15) is 12.1 Å². The molecule has 0 spiro atoms. The van der Waals surface area contributed by atoms with Crippen LogP contribution in [0.1, 0.15) is 27.3 Å². The average Bonchev–Trinajstić information content (AvgIpc) is 2.58. The van der Waals surface area contributed by atoms with Crippen molar-refractivity contribution in [2.75, 3.05) is 0 Å². The van der Waals surface area contributed by atoms with Crippen LogP contribution in [0.4, 0.5) is 0 Å². The third kappa shape index (κ3) is 4.39. The zero-order chi connectivity index (χ0) is 17.8. The molecule has 3 aromatic rings. The van der Waals surface area contributed by atoms with Crippen LogP contribution in [0.15, 0.2) is 49.1 Å². The van der Waals surface area contributed by atoms with E-state index in [1.807, 2.05) is 26.0 Å². The van der Waals surface area contributed by atoms with Crippen LogP contribution in [0, 0.1) is 13.8 Å². The topological polar surface area (TPSA) is 65.0 Å². The van der Waals surface area contributed by atoms with Gasteiger partial charge in [0, 0.05) is 22.0 Å². The largest absolute Gasteiger partial charge is 0.454 e. The van der Waals surface area contributed by atoms with E-state index in [0.717, 1.165) is 17.0 Å². The number of aryl methyl sites for hydroxylation is 2. The molecule has 0 aliphatic rings. The molecule has 0 saturated carbocycles. The van der Waals surface area contributed by atoms with E-state index in [-0.39, 0.29) is 12.2 Å². The Hall–Kier alpha value is -2.79. The Morgan fingerprint density at radius 1 is 1.08 bits per heavy atom. The molecule has 126 valence electrons. The SMILES string of the molecule is Cc1ccc(CC(=O)c2cc(Cl)cc(Oc3cncnc3)c2)nc1C. The summed E-state index contributed by atoms with van der Waals surface area (Å²) in [4.78, 5) is 24.8. The van der Waals surface area contributed by atoms with Crippen molar-refractivity contribution in [3.63, 3.8) is 0 Å². The fourth-order valence-electron chi connectivity index (χ4n) is 2.30. The maximum absolute atomic E-state index is 12.6. The van der Waals surface area contributed by atoms with Crippen LogP contribution in [-0.4, -0.2) is 20.7 Å². The summed E-state index contributed by atoms with van der Waals surface area (Å²) in [6, 6.07) is 8.75. The summed E-state index contributed by atoms with van der Waals surface area (Å²) in [7, 11) is 0. The molecule has 25 heavy (non-hydrogen) atoms. The quantitative estimate of drug-likeness (QED) is 0.637. The van der Waals surface area contributed by atoms with Crippen LogP contribution in [-0.2, 0) is 6.42 Å². The minimum Gasteiger partial charge on any atom is -0.454 e. The fourth-order valence-corrected chi connectivity index (χ4v) is 2.53. The minimum atomic E-state index is -0.0765. The van der Waals surface area contributed by atoms with Gasteiger partial charge in [0.2, 0.25) is 0 Å². The van der Waals surface area contributed by atoms with E-state index in [1.165, 1.54) is 18.7 Å². The molecule has 1 aromatic carbocycles. The molecule has 0 atom stereocenters. The Morgan fingerprint density at radius 2 is 1.84 bits per heavy atom. The number of aromatic nitrogens is 3. The van der Waals surface area contributed by atoms with E-state index >= 15 is 0 Å². The van der Waals surface area contributed by atoms with Gasteiger partial charge in [-0.3, -0.25) is 9.78 Å². The maximum atomic E-state index is 12.6. The van der Waals surface area contributed by atoms with Crippen LogP contribution in [0.2, 0.25) is 5.02 Å². The number of nitrogens with zero attached hydrogens (tertiary/aromatic N) is 3. The number of ether oxygens (including phenoxy) is 1. The Labute approximate surface area is 150 Å². The van der Waals surface area contributed by atoms with Crippen LogP contribution in [0.3, 0.4) is 0 Å². The first kappa shape index (κ1) is 17.0. The summed E-state index contributed by atoms with van der Waals surface area (Å²) in [6.07, 6.45) is 4.69. The molecule has 3 rings (SSSR count). The van der Waals surface area contributed by atoms with Crippen LogP contribution >= 0.6 is 11.6 Å². The highest BCUT2D eigenvalue weighted by Crippen LogP contribution is 2.26. The number of hydrogen-bond acceptors (Lipinski definition) is 5. The summed E-state index contributed by atoms with van der Waals surface area (Å²) in [5.74, 6) is 0.852. The van der Waals surface area contributed by atoms with Gasteiger partial charge in [-0.2, -0.15) is 0 Å². The Morgan fingerprint density at radius 3 is 2.56 bits per heavy atom. The molecule has 0 aliphatic carbocycles. The normalized spacial score (nSPS) is 10.5. The van der Waals surface area contributed by atoms with Crippen LogP contribution in [0.5, 0.6) is 11.5 Å². The van der Waals surface area contributed by atoms with E-state index in [1.54, 1.807) is 18.2 Å². The number of hydrogen-bond donors (Lipinski definition) is 0. The van der Waals surface area contributed by atoms with Gasteiger partial charge in [-0.1, -0.05) is 17.7 Å². The molecule has 2 aromatic heterocycles. The predicted molar refractivity (Wildman–Crippen MR) is 95.3 cm³/mol. The number of pyridine rings is 1. The van der Waals surface area contributed by atoms with Gasteiger partial charge in [0.05, 0.1) is 18.8 Å². The van der Waals surface area contributed by atoms with Crippen molar-refractivity contribution in [3.05, 3.63) is 76.6 Å². The summed E-state index contributed by atoms with van der Waals surface area (Å²) in [6.45, 7) is 3.92. The molecule has 0 saturated heterocycles. The molecule has 6 heteroatoms. The zero-order valence-corrected chi connectivity index (χ0v) is 14.6. The minimum absolute atomic E-state index is 0.0765. The molecular weight excluding hydrogens is 338 g/mol. The van der Waals surface area contributed by atoms with Crippen LogP contribution in [0.25, 0.3) is 0 Å². The van der Waals surface area contributed by atoms with Gasteiger partial charge in [0.25, 0.3) is 0 Å². The number of Topliss-reactive ketones (excluding diaryl/α,β-unsaturated/α-hetero) is 1. The Balaban J connectivity index is 1.81. The molecular formula is C19H16ClN3O2. The summed E-state index contributed by atoms with van der Waals surface area (Å²) < 4.78 is 5.66. The van der Waals surface area contributed by atoms with Gasteiger partial charge >= 0.3 is 0 Å². The van der Waals surface area contributed by atoms with Crippen molar-refractivity contribution in [2.24, 2.45) is 0 Å². The summed E-state index contributed by atoms with van der Waals surface area (Å²) in [5, 5.41) is 0.422. The lowest BCUT2D eigenvalue weighted by molar-refractivity contribution is 0.0991. The van der Waals surface area contributed by atoms with Crippen molar-refractivity contribution in [3.8, 4) is 11.5 Å². The molecule has 0 radical (unpaired) electrons. The van der Waals surface area contributed by atoms with E-state index in [2.05, 4.69) is 15.0 Å². The first-order valence-electron chi connectivity index (χ1n) is 7.71. The lowest BCUT2D eigenvalue weighted by atomic mass is 10.1. The summed E-state index contributed by atoms with van der Waals surface area (Å²) in [5.41, 5.74) is 3.22. The highest BCUT2D eigenvalue weighted by atomic mass is 35.5. The number of carbonyl (C=O) groups excluding carboxylic acids is 1. The first-order valence-corrected chi connectivity index (χ1v) is 8.09. The Kier molecular flexibility index (Phi) is 5.05. The predicted octanol–water partition coefficient (Wildman–Crippen LogP) is 4.36. The lowest BCUT2D eigenvalue weighted by Gasteiger charge is -2.08. The first-order chi connectivity index (χ1) is 12.0. The van der Waals surface area contributed by atoms with Crippen molar-refractivity contribution in [1.29, 1.82) is 0 Å². The number of carbonyl (C=O) groups is 1.